The van der Waals surface area contributed by atoms with Crippen LogP contribution in [0.1, 0.15) is 194 Å². The van der Waals surface area contributed by atoms with Crippen LogP contribution in [0.3, 0.4) is 0 Å². The molecule has 328 valence electrons. The Kier molecular flexibility index (Phi) is 21.2. The molecule has 10 nitrogen and oxygen atoms in total. The van der Waals surface area contributed by atoms with Gasteiger partial charge in [0.15, 0.2) is 11.6 Å². The number of nitrogens with one attached hydrogen (secondary N) is 2. The molecule has 0 saturated carbocycles. The van der Waals surface area contributed by atoms with Crippen molar-refractivity contribution in [2.24, 2.45) is 23.3 Å². The highest BCUT2D eigenvalue weighted by atomic mass is 35.5. The van der Waals surface area contributed by atoms with Crippen LogP contribution in [-0.4, -0.2) is 77.7 Å². The van der Waals surface area contributed by atoms with E-state index in [9.17, 15) is 9.59 Å². The molecule has 2 spiro atoms. The minimum Gasteiger partial charge on any atom is -1.00 e. The second-order valence-electron chi connectivity index (χ2n) is 18.1. The number of carbonyl (C=O) groups is 2. The second kappa shape index (κ2) is 25.1. The Bertz CT molecular complexity index is 1270. The molecular weight excluding hydrogens is 738 g/mol. The van der Waals surface area contributed by atoms with E-state index in [0.29, 0.717) is 31.5 Å². The predicted molar refractivity (Wildman–Crippen MR) is 225 cm³/mol. The van der Waals surface area contributed by atoms with Gasteiger partial charge in [-0.2, -0.15) is 0 Å². The molecule has 2 fully saturated rings. The van der Waals surface area contributed by atoms with Crippen LogP contribution in [0.5, 0.6) is 0 Å². The van der Waals surface area contributed by atoms with Gasteiger partial charge in [0.05, 0.1) is 30.9 Å². The van der Waals surface area contributed by atoms with Crippen LogP contribution in [0.25, 0.3) is 0 Å². The average Bonchev–Trinajstić information content (AvgIpc) is 3.49. The van der Waals surface area contributed by atoms with Gasteiger partial charge < -0.3 is 38.1 Å². The highest BCUT2D eigenvalue weighted by Crippen LogP contribution is 2.45. The maximum Gasteiger partial charge on any atom is 0.350 e. The molecule has 0 aromatic carbocycles. The monoisotopic (exact) mass is 820 g/mol. The zero-order chi connectivity index (χ0) is 39.6. The Morgan fingerprint density at radius 1 is 0.842 bits per heavy atom. The fourth-order valence-electron chi connectivity index (χ4n) is 10.6. The summed E-state index contributed by atoms with van der Waals surface area (Å²) in [6.45, 7) is 6.21. The standard InChI is InChI=1S/C46H81N5O5.ClH/c1-3-39-26-16-18-30-45(56-39)35-38-28-29-40-42(46(31-21-23-36(2)55-46)50-44(49-45)51(38)40)43(53)54-34-20-14-12-10-8-6-4-5-7-9-11-13-15-27-41(52)37(25-22-33-48)24-17-19-32-47;/h16,26,36-40,42H,3-15,17-25,27-35,47-48H2,1-2H3,(H,49,50);1H/t36-,37?,38+,39+,40-,42-,45+,46-;/m1./s1. The van der Waals surface area contributed by atoms with Gasteiger partial charge in [0, 0.05) is 31.6 Å². The summed E-state index contributed by atoms with van der Waals surface area (Å²) in [7, 11) is 0. The van der Waals surface area contributed by atoms with Crippen molar-refractivity contribution >= 4 is 17.7 Å². The predicted octanol–water partition coefficient (Wildman–Crippen LogP) is 5.29. The topological polar surface area (TPSA) is 141 Å². The Hall–Kier alpha value is -1.72. The molecular formula is C46H82ClN5O5. The van der Waals surface area contributed by atoms with Crippen molar-refractivity contribution in [3.05, 3.63) is 12.2 Å². The number of nitrogens with zero attached hydrogens (tertiary/aromatic N) is 1. The van der Waals surface area contributed by atoms with E-state index in [-0.39, 0.29) is 48.5 Å². The van der Waals surface area contributed by atoms with E-state index < -0.39 is 11.4 Å². The number of carbonyl (C=O) groups excluding carboxylic acids is 2. The number of Topliss-reactive ketones (excluding diaryl/α,β-unsaturated/α-hetero) is 1. The third-order valence-electron chi connectivity index (χ3n) is 13.6. The van der Waals surface area contributed by atoms with E-state index in [1.165, 1.54) is 64.2 Å². The zero-order valence-corrected chi connectivity index (χ0v) is 36.8. The van der Waals surface area contributed by atoms with Crippen LogP contribution in [0, 0.1) is 11.8 Å². The number of guanidine groups is 1. The lowest BCUT2D eigenvalue weighted by atomic mass is 9.80. The lowest BCUT2D eigenvalue weighted by Gasteiger charge is -2.50. The van der Waals surface area contributed by atoms with Crippen LogP contribution in [0.4, 0.5) is 0 Å². The van der Waals surface area contributed by atoms with Crippen molar-refractivity contribution in [3.8, 4) is 0 Å². The molecule has 5 heterocycles. The molecule has 0 radical (unpaired) electrons. The summed E-state index contributed by atoms with van der Waals surface area (Å²) in [4.78, 5) is 26.8. The van der Waals surface area contributed by atoms with E-state index in [2.05, 4.69) is 41.2 Å². The molecule has 2 saturated heterocycles. The maximum absolute atomic E-state index is 14.1. The van der Waals surface area contributed by atoms with E-state index in [1.54, 1.807) is 0 Å². The van der Waals surface area contributed by atoms with Gasteiger partial charge in [0.1, 0.15) is 5.78 Å². The van der Waals surface area contributed by atoms with Gasteiger partial charge in [-0.25, -0.2) is 10.6 Å². The van der Waals surface area contributed by atoms with Gasteiger partial charge in [-0.15, -0.1) is 0 Å². The Morgan fingerprint density at radius 2 is 1.51 bits per heavy atom. The maximum atomic E-state index is 14.1. The van der Waals surface area contributed by atoms with Crippen LogP contribution in [0.15, 0.2) is 12.2 Å². The number of nitrogens with two attached hydrogens (primary N) is 2. The first-order valence-corrected chi connectivity index (χ1v) is 23.7. The Morgan fingerprint density at radius 3 is 2.18 bits per heavy atom. The number of ether oxygens (including phenoxy) is 3. The molecule has 11 heteroatoms. The number of unbranched alkanes of at least 4 members (excludes halogenated alkanes) is 13. The Balaban J connectivity index is 0.00000720. The number of esters is 1. The molecule has 57 heavy (non-hydrogen) atoms. The average molecular weight is 821 g/mol. The van der Waals surface area contributed by atoms with Crippen molar-refractivity contribution in [1.29, 1.82) is 0 Å². The van der Waals surface area contributed by atoms with Gasteiger partial charge in [0.25, 0.3) is 0 Å². The summed E-state index contributed by atoms with van der Waals surface area (Å²) in [5.41, 5.74) is 10.2. The third-order valence-corrected chi connectivity index (χ3v) is 13.6. The van der Waals surface area contributed by atoms with Crippen LogP contribution in [0.2, 0.25) is 0 Å². The number of rotatable bonds is 26. The normalized spacial score (nSPS) is 29.6. The quantitative estimate of drug-likeness (QED) is 0.0397. The molecule has 0 aromatic heterocycles. The van der Waals surface area contributed by atoms with Gasteiger partial charge >= 0.3 is 11.9 Å². The first kappa shape index (κ1) is 48.0. The minimum atomic E-state index is -0.752. The van der Waals surface area contributed by atoms with E-state index >= 15 is 0 Å². The molecule has 5 rings (SSSR count). The lowest BCUT2D eigenvalue weighted by Crippen LogP contribution is -3.00. The minimum absolute atomic E-state index is 0. The first-order valence-electron chi connectivity index (χ1n) is 23.7. The third kappa shape index (κ3) is 13.9. The number of hydrogen-bond donors (Lipinski definition) is 4. The summed E-state index contributed by atoms with van der Waals surface area (Å²) in [6, 6.07) is 0.408. The van der Waals surface area contributed by atoms with E-state index in [0.717, 1.165) is 122 Å². The highest BCUT2D eigenvalue weighted by molar-refractivity contribution is 5.82. The van der Waals surface area contributed by atoms with Crippen molar-refractivity contribution < 1.29 is 40.8 Å². The molecule has 1 unspecified atom stereocenters. The smallest absolute Gasteiger partial charge is 0.350 e. The summed E-state index contributed by atoms with van der Waals surface area (Å²) in [6.07, 6.45) is 34.8. The molecule has 0 aromatic rings. The second-order valence-corrected chi connectivity index (χ2v) is 18.1. The number of ketones is 1. The molecule has 8 atom stereocenters. The summed E-state index contributed by atoms with van der Waals surface area (Å²) < 4.78 is 22.2. The molecule has 6 N–H and O–H groups in total. The van der Waals surface area contributed by atoms with Gasteiger partial charge in [-0.1, -0.05) is 96.1 Å². The van der Waals surface area contributed by atoms with E-state index in [1.807, 2.05) is 0 Å². The first-order chi connectivity index (χ1) is 27.3. The number of halogens is 1. The highest BCUT2D eigenvalue weighted by Gasteiger charge is 2.64. The molecule has 5 aliphatic heterocycles. The summed E-state index contributed by atoms with van der Waals surface area (Å²) >= 11 is 0. The fourth-order valence-corrected chi connectivity index (χ4v) is 10.6. The molecule has 5 aliphatic rings. The van der Waals surface area contributed by atoms with Crippen molar-refractivity contribution in [1.82, 2.24) is 10.6 Å². The van der Waals surface area contributed by atoms with Crippen molar-refractivity contribution in [3.63, 3.8) is 0 Å². The van der Waals surface area contributed by atoms with Crippen LogP contribution < -0.4 is 34.5 Å². The van der Waals surface area contributed by atoms with Gasteiger partial charge in [0.2, 0.25) is 5.72 Å². The summed E-state index contributed by atoms with van der Waals surface area (Å²) in [5.74, 6) is 1.20. The zero-order valence-electron chi connectivity index (χ0n) is 36.1. The van der Waals surface area contributed by atoms with Crippen LogP contribution in [-0.2, 0) is 23.8 Å². The van der Waals surface area contributed by atoms with Crippen molar-refractivity contribution in [2.75, 3.05) is 19.7 Å². The van der Waals surface area contributed by atoms with Crippen LogP contribution >= 0.6 is 0 Å². The fraction of sp³-hybridized carbons (Fsp3) is 0.891. The summed E-state index contributed by atoms with van der Waals surface area (Å²) in [5, 5.41) is 7.68. The molecule has 0 bridgehead atoms. The number of hydrogen-bond acceptors (Lipinski definition) is 9. The molecule has 0 aliphatic carbocycles. The SMILES string of the molecule is CC[C@H]1C=CCC[C@@]2(C[C@@H]3CC[C@@H]4[C@H](C(=O)OCCCCCCCCCCCCCCCC(=O)C(CCCN)CCCCN)[C@]5(CCC[C@@H](C)O5)NC(=[N+]34)N2)O1.[Cl-]. The Labute approximate surface area is 352 Å². The lowest BCUT2D eigenvalue weighted by molar-refractivity contribution is -0.609. The number of allylic oxidation sites excluding steroid dienone is 1. The molecule has 0 amide bonds. The largest absolute Gasteiger partial charge is 1.00 e. The van der Waals surface area contributed by atoms with E-state index in [4.69, 9.17) is 25.7 Å². The van der Waals surface area contributed by atoms with Gasteiger partial charge in [-0.3, -0.25) is 14.2 Å². The van der Waals surface area contributed by atoms with Gasteiger partial charge in [-0.05, 0) is 97.1 Å². The van der Waals surface area contributed by atoms with Crippen molar-refractivity contribution in [2.45, 2.75) is 229 Å².